The van der Waals surface area contributed by atoms with Gasteiger partial charge in [0.1, 0.15) is 0 Å². The van der Waals surface area contributed by atoms with E-state index < -0.39 is 0 Å². The van der Waals surface area contributed by atoms with Crippen molar-refractivity contribution in [1.82, 2.24) is 9.80 Å². The Morgan fingerprint density at radius 3 is 2.10 bits per heavy atom. The Morgan fingerprint density at radius 2 is 1.48 bits per heavy atom. The lowest BCUT2D eigenvalue weighted by molar-refractivity contribution is 0.129. The molecule has 2 fully saturated rings. The summed E-state index contributed by atoms with van der Waals surface area (Å²) in [7, 11) is 0. The van der Waals surface area contributed by atoms with E-state index in [1.165, 1.54) is 71.4 Å². The lowest BCUT2D eigenvalue weighted by Crippen LogP contribution is -2.39. The number of piperidine rings is 1. The van der Waals surface area contributed by atoms with E-state index in [9.17, 15) is 0 Å². The molecule has 0 amide bonds. The fraction of sp³-hybridized carbons (Fsp3) is 1.00. The van der Waals surface area contributed by atoms with E-state index in [2.05, 4.69) is 44.4 Å². The van der Waals surface area contributed by atoms with E-state index in [-0.39, 0.29) is 0 Å². The van der Waals surface area contributed by atoms with Gasteiger partial charge in [0.05, 0.1) is 0 Å². The van der Waals surface area contributed by atoms with Gasteiger partial charge >= 0.3 is 0 Å². The van der Waals surface area contributed by atoms with Crippen LogP contribution in [0.4, 0.5) is 0 Å². The van der Waals surface area contributed by atoms with E-state index in [1.54, 1.807) is 0 Å². The summed E-state index contributed by atoms with van der Waals surface area (Å²) in [6, 6.07) is 0. The summed E-state index contributed by atoms with van der Waals surface area (Å²) in [6.45, 7) is 20.0. The maximum absolute atomic E-state index is 2.71. The minimum atomic E-state index is 0.443. The number of nitrogens with zero attached hydrogens (tertiary/aromatic N) is 2. The van der Waals surface area contributed by atoms with Crippen molar-refractivity contribution in [2.75, 3.05) is 39.3 Å². The molecule has 2 aliphatic heterocycles. The fourth-order valence-electron chi connectivity index (χ4n) is 4.46. The van der Waals surface area contributed by atoms with Crippen LogP contribution in [-0.4, -0.2) is 49.1 Å². The van der Waals surface area contributed by atoms with Gasteiger partial charge in [-0.1, -0.05) is 41.0 Å². The lowest BCUT2D eigenvalue weighted by Gasteiger charge is -2.36. The minimum Gasteiger partial charge on any atom is -0.303 e. The van der Waals surface area contributed by atoms with Crippen molar-refractivity contribution in [2.24, 2.45) is 16.7 Å². The maximum Gasteiger partial charge on any atom is 0.00328 e. The Labute approximate surface area is 133 Å². The molecule has 0 radical (unpaired) electrons. The Kier molecular flexibility index (Phi) is 5.76. The van der Waals surface area contributed by atoms with Crippen LogP contribution in [0.5, 0.6) is 0 Å². The van der Waals surface area contributed by atoms with Crippen molar-refractivity contribution >= 4 is 0 Å². The van der Waals surface area contributed by atoms with Crippen molar-refractivity contribution in [3.63, 3.8) is 0 Å². The van der Waals surface area contributed by atoms with Gasteiger partial charge in [-0.05, 0) is 62.1 Å². The molecule has 2 aliphatic rings. The van der Waals surface area contributed by atoms with Crippen molar-refractivity contribution in [1.29, 1.82) is 0 Å². The zero-order chi connectivity index (χ0) is 15.5. The van der Waals surface area contributed by atoms with Crippen LogP contribution in [0.25, 0.3) is 0 Å². The molecule has 0 spiro atoms. The van der Waals surface area contributed by atoms with Gasteiger partial charge in [0.25, 0.3) is 0 Å². The van der Waals surface area contributed by atoms with Crippen LogP contribution in [0.15, 0.2) is 0 Å². The molecule has 0 aliphatic carbocycles. The first-order valence-electron chi connectivity index (χ1n) is 9.18. The highest BCUT2D eigenvalue weighted by molar-refractivity contribution is 4.85. The molecule has 0 N–H and O–H groups in total. The second-order valence-electron chi connectivity index (χ2n) is 9.66. The summed E-state index contributed by atoms with van der Waals surface area (Å²) in [5, 5.41) is 0. The van der Waals surface area contributed by atoms with Crippen molar-refractivity contribution < 1.29 is 0 Å². The molecule has 0 aromatic carbocycles. The maximum atomic E-state index is 2.71. The van der Waals surface area contributed by atoms with Gasteiger partial charge in [0.2, 0.25) is 0 Å². The van der Waals surface area contributed by atoms with E-state index in [0.29, 0.717) is 10.8 Å². The van der Waals surface area contributed by atoms with E-state index in [4.69, 9.17) is 0 Å². The predicted octanol–water partition coefficient (Wildman–Crippen LogP) is 4.26. The molecule has 2 heteroatoms. The fourth-order valence-corrected chi connectivity index (χ4v) is 4.46. The van der Waals surface area contributed by atoms with Gasteiger partial charge in [-0.3, -0.25) is 0 Å². The van der Waals surface area contributed by atoms with Crippen LogP contribution in [0, 0.1) is 16.7 Å². The molecular formula is C19H38N2. The van der Waals surface area contributed by atoms with E-state index >= 15 is 0 Å². The molecular weight excluding hydrogens is 256 g/mol. The molecule has 1 unspecified atom stereocenters. The number of hydrogen-bond acceptors (Lipinski definition) is 2. The smallest absolute Gasteiger partial charge is 0.00328 e. The van der Waals surface area contributed by atoms with E-state index in [1.807, 2.05) is 0 Å². The summed E-state index contributed by atoms with van der Waals surface area (Å²) in [4.78, 5) is 5.41. The SMILES string of the molecule is CC(C)(C)CN1CCC(CC(C)(C)CN2CCCCC2)C1. The zero-order valence-electron chi connectivity index (χ0n) is 15.2. The predicted molar refractivity (Wildman–Crippen MR) is 92.7 cm³/mol. The van der Waals surface area contributed by atoms with Gasteiger partial charge in [0, 0.05) is 19.6 Å². The van der Waals surface area contributed by atoms with Crippen LogP contribution in [-0.2, 0) is 0 Å². The van der Waals surface area contributed by atoms with Gasteiger partial charge in [-0.2, -0.15) is 0 Å². The third-order valence-corrected chi connectivity index (χ3v) is 5.01. The molecule has 0 aromatic heterocycles. The van der Waals surface area contributed by atoms with Crippen LogP contribution < -0.4 is 0 Å². The third kappa shape index (κ3) is 6.28. The summed E-state index contributed by atoms with van der Waals surface area (Å²) >= 11 is 0. The van der Waals surface area contributed by atoms with Crippen LogP contribution >= 0.6 is 0 Å². The van der Waals surface area contributed by atoms with Gasteiger partial charge < -0.3 is 9.80 Å². The normalized spacial score (nSPS) is 26.4. The minimum absolute atomic E-state index is 0.443. The largest absolute Gasteiger partial charge is 0.303 e. The quantitative estimate of drug-likeness (QED) is 0.747. The van der Waals surface area contributed by atoms with Crippen LogP contribution in [0.3, 0.4) is 0 Å². The molecule has 2 nitrogen and oxygen atoms in total. The Bertz CT molecular complexity index is 310. The number of hydrogen-bond donors (Lipinski definition) is 0. The Morgan fingerprint density at radius 1 is 0.810 bits per heavy atom. The first-order valence-corrected chi connectivity index (χ1v) is 9.18. The van der Waals surface area contributed by atoms with Gasteiger partial charge in [-0.25, -0.2) is 0 Å². The highest BCUT2D eigenvalue weighted by atomic mass is 15.2. The number of likely N-dealkylation sites (tertiary alicyclic amines) is 2. The molecule has 2 saturated heterocycles. The Hall–Kier alpha value is -0.0800. The summed E-state index contributed by atoms with van der Waals surface area (Å²) in [6.07, 6.45) is 7.10. The highest BCUT2D eigenvalue weighted by Crippen LogP contribution is 2.33. The molecule has 2 heterocycles. The average molecular weight is 295 g/mol. The van der Waals surface area contributed by atoms with Crippen LogP contribution in [0.1, 0.15) is 66.7 Å². The van der Waals surface area contributed by atoms with Gasteiger partial charge in [-0.15, -0.1) is 0 Å². The summed E-state index contributed by atoms with van der Waals surface area (Å²) < 4.78 is 0. The molecule has 0 bridgehead atoms. The standard InChI is InChI=1S/C19H38N2/c1-18(2,3)15-21-12-9-17(14-21)13-19(4,5)16-20-10-7-6-8-11-20/h17H,6-16H2,1-5H3. The summed E-state index contributed by atoms with van der Waals surface area (Å²) in [5.74, 6) is 0.923. The van der Waals surface area contributed by atoms with Gasteiger partial charge in [0.15, 0.2) is 0 Å². The third-order valence-electron chi connectivity index (χ3n) is 5.01. The first-order chi connectivity index (χ1) is 9.73. The van der Waals surface area contributed by atoms with Crippen molar-refractivity contribution in [2.45, 2.75) is 66.7 Å². The molecule has 21 heavy (non-hydrogen) atoms. The highest BCUT2D eigenvalue weighted by Gasteiger charge is 2.31. The molecule has 124 valence electrons. The summed E-state index contributed by atoms with van der Waals surface area (Å²) in [5.41, 5.74) is 0.929. The Balaban J connectivity index is 1.75. The van der Waals surface area contributed by atoms with Crippen molar-refractivity contribution in [3.05, 3.63) is 0 Å². The second-order valence-corrected chi connectivity index (χ2v) is 9.66. The molecule has 0 saturated carbocycles. The monoisotopic (exact) mass is 294 g/mol. The first kappa shape index (κ1) is 17.3. The average Bonchev–Trinajstić information content (AvgIpc) is 2.73. The molecule has 2 rings (SSSR count). The van der Waals surface area contributed by atoms with Crippen LogP contribution in [0.2, 0.25) is 0 Å². The molecule has 0 aromatic rings. The molecule has 1 atom stereocenters. The lowest BCUT2D eigenvalue weighted by atomic mass is 9.81. The van der Waals surface area contributed by atoms with E-state index in [0.717, 1.165) is 5.92 Å². The zero-order valence-corrected chi connectivity index (χ0v) is 15.2. The second kappa shape index (κ2) is 7.00. The topological polar surface area (TPSA) is 6.48 Å². The van der Waals surface area contributed by atoms with Crippen molar-refractivity contribution in [3.8, 4) is 0 Å². The number of rotatable bonds is 5.